The van der Waals surface area contributed by atoms with Crippen molar-refractivity contribution < 1.29 is 4.74 Å². The van der Waals surface area contributed by atoms with E-state index in [2.05, 4.69) is 27.4 Å². The summed E-state index contributed by atoms with van der Waals surface area (Å²) >= 11 is 0. The van der Waals surface area contributed by atoms with Crippen molar-refractivity contribution in [3.8, 4) is 0 Å². The van der Waals surface area contributed by atoms with Gasteiger partial charge in [0, 0.05) is 42.7 Å². The fraction of sp³-hybridized carbons (Fsp3) is 0.429. The van der Waals surface area contributed by atoms with Crippen LogP contribution in [0.5, 0.6) is 0 Å². The highest BCUT2D eigenvalue weighted by Crippen LogP contribution is 2.10. The molecule has 1 aliphatic heterocycles. The van der Waals surface area contributed by atoms with Crippen LogP contribution in [-0.2, 0) is 11.2 Å². The van der Waals surface area contributed by atoms with Crippen LogP contribution >= 0.6 is 0 Å². The molecule has 1 saturated heterocycles. The number of aromatic nitrogens is 2. The average Bonchev–Trinajstić information content (AvgIpc) is 2.36. The van der Waals surface area contributed by atoms with Crippen LogP contribution < -0.4 is 5.32 Å². The lowest BCUT2D eigenvalue weighted by atomic mass is 10.1. The van der Waals surface area contributed by atoms with Gasteiger partial charge in [0.1, 0.15) is 0 Å². The maximum absolute atomic E-state index is 5.65. The Bertz CT molecular complexity index is 525. The van der Waals surface area contributed by atoms with E-state index < -0.39 is 0 Å². The standard InChI is InChI=1S/C14H17N3O/c1-2-12-3-4-13(17-14(12)16-6-1)5-7-18-10-11-8-15-9-11/h1-4,6,11,15H,5,7-10H2. The summed E-state index contributed by atoms with van der Waals surface area (Å²) in [6.45, 7) is 3.79. The fourth-order valence-corrected chi connectivity index (χ4v) is 2.02. The third kappa shape index (κ3) is 2.66. The largest absolute Gasteiger partial charge is 0.381 e. The molecule has 1 fully saturated rings. The number of hydrogen-bond donors (Lipinski definition) is 1. The normalized spacial score (nSPS) is 15.8. The molecule has 0 atom stereocenters. The highest BCUT2D eigenvalue weighted by Gasteiger charge is 2.16. The number of rotatable bonds is 5. The maximum atomic E-state index is 5.65. The molecule has 0 bridgehead atoms. The van der Waals surface area contributed by atoms with Crippen LogP contribution in [0.3, 0.4) is 0 Å². The monoisotopic (exact) mass is 243 g/mol. The van der Waals surface area contributed by atoms with Gasteiger partial charge in [-0.05, 0) is 24.3 Å². The molecular weight excluding hydrogens is 226 g/mol. The molecule has 0 amide bonds. The van der Waals surface area contributed by atoms with Crippen molar-refractivity contribution in [2.45, 2.75) is 6.42 Å². The molecule has 2 aromatic rings. The molecule has 3 heterocycles. The van der Waals surface area contributed by atoms with Crippen molar-refractivity contribution in [3.63, 3.8) is 0 Å². The van der Waals surface area contributed by atoms with E-state index >= 15 is 0 Å². The Balaban J connectivity index is 1.53. The zero-order valence-corrected chi connectivity index (χ0v) is 10.3. The summed E-state index contributed by atoms with van der Waals surface area (Å²) in [7, 11) is 0. The fourth-order valence-electron chi connectivity index (χ4n) is 2.02. The molecule has 0 unspecified atom stereocenters. The SMILES string of the molecule is c1cnc2nc(CCOCC3CNC3)ccc2c1. The molecule has 0 saturated carbocycles. The second kappa shape index (κ2) is 5.42. The number of hydrogen-bond acceptors (Lipinski definition) is 4. The first-order chi connectivity index (χ1) is 8.92. The van der Waals surface area contributed by atoms with Gasteiger partial charge in [-0.3, -0.25) is 0 Å². The first kappa shape index (κ1) is 11.6. The maximum Gasteiger partial charge on any atom is 0.159 e. The summed E-state index contributed by atoms with van der Waals surface area (Å²) < 4.78 is 5.65. The first-order valence-electron chi connectivity index (χ1n) is 6.41. The van der Waals surface area contributed by atoms with E-state index in [1.54, 1.807) is 6.20 Å². The van der Waals surface area contributed by atoms with Crippen LogP contribution in [0.2, 0.25) is 0 Å². The molecule has 94 valence electrons. The zero-order valence-electron chi connectivity index (χ0n) is 10.3. The molecule has 18 heavy (non-hydrogen) atoms. The second-order valence-corrected chi connectivity index (χ2v) is 4.70. The lowest BCUT2D eigenvalue weighted by Gasteiger charge is -2.26. The summed E-state index contributed by atoms with van der Waals surface area (Å²) in [5.74, 6) is 0.705. The third-order valence-corrected chi connectivity index (χ3v) is 3.24. The minimum Gasteiger partial charge on any atom is -0.381 e. The van der Waals surface area contributed by atoms with Crippen LogP contribution in [-0.4, -0.2) is 36.3 Å². The molecule has 0 spiro atoms. The molecule has 1 aliphatic rings. The predicted molar refractivity (Wildman–Crippen MR) is 70.4 cm³/mol. The smallest absolute Gasteiger partial charge is 0.159 e. The summed E-state index contributed by atoms with van der Waals surface area (Å²) in [5, 5.41) is 4.33. The van der Waals surface area contributed by atoms with Gasteiger partial charge in [-0.15, -0.1) is 0 Å². The quantitative estimate of drug-likeness (QED) is 0.807. The van der Waals surface area contributed by atoms with E-state index in [1.807, 2.05) is 12.1 Å². The highest BCUT2D eigenvalue weighted by atomic mass is 16.5. The van der Waals surface area contributed by atoms with Crippen LogP contribution in [0.15, 0.2) is 30.5 Å². The Morgan fingerprint density at radius 3 is 3.06 bits per heavy atom. The van der Waals surface area contributed by atoms with Gasteiger partial charge in [0.2, 0.25) is 0 Å². The zero-order chi connectivity index (χ0) is 12.2. The minimum atomic E-state index is 0.705. The van der Waals surface area contributed by atoms with Crippen molar-refractivity contribution in [2.75, 3.05) is 26.3 Å². The van der Waals surface area contributed by atoms with E-state index in [0.29, 0.717) is 5.92 Å². The van der Waals surface area contributed by atoms with Crippen LogP contribution in [0.4, 0.5) is 0 Å². The number of fused-ring (bicyclic) bond motifs is 1. The van der Waals surface area contributed by atoms with Crippen molar-refractivity contribution in [1.29, 1.82) is 0 Å². The Hall–Kier alpha value is -1.52. The molecule has 0 aromatic carbocycles. The van der Waals surface area contributed by atoms with Crippen LogP contribution in [0.25, 0.3) is 11.0 Å². The lowest BCUT2D eigenvalue weighted by Crippen LogP contribution is -2.44. The molecule has 2 aromatic heterocycles. The van der Waals surface area contributed by atoms with Gasteiger partial charge in [-0.1, -0.05) is 0 Å². The summed E-state index contributed by atoms with van der Waals surface area (Å²) in [5.41, 5.74) is 1.87. The van der Waals surface area contributed by atoms with Gasteiger partial charge < -0.3 is 10.1 Å². The van der Waals surface area contributed by atoms with Gasteiger partial charge in [-0.2, -0.15) is 0 Å². The van der Waals surface area contributed by atoms with Crippen molar-refractivity contribution in [2.24, 2.45) is 5.92 Å². The third-order valence-electron chi connectivity index (χ3n) is 3.24. The van der Waals surface area contributed by atoms with E-state index in [-0.39, 0.29) is 0 Å². The molecule has 4 heteroatoms. The van der Waals surface area contributed by atoms with E-state index in [4.69, 9.17) is 4.74 Å². The Morgan fingerprint density at radius 1 is 1.28 bits per heavy atom. The number of ether oxygens (including phenoxy) is 1. The topological polar surface area (TPSA) is 47.0 Å². The minimum absolute atomic E-state index is 0.705. The van der Waals surface area contributed by atoms with E-state index in [1.165, 1.54) is 0 Å². The first-order valence-corrected chi connectivity index (χ1v) is 6.41. The Labute approximate surface area is 106 Å². The lowest BCUT2D eigenvalue weighted by molar-refractivity contribution is 0.0818. The Morgan fingerprint density at radius 2 is 2.22 bits per heavy atom. The second-order valence-electron chi connectivity index (χ2n) is 4.70. The van der Waals surface area contributed by atoms with Gasteiger partial charge in [0.05, 0.1) is 13.2 Å². The molecule has 3 rings (SSSR count). The number of nitrogens with one attached hydrogen (secondary N) is 1. The molecular formula is C14H17N3O. The number of pyridine rings is 2. The van der Waals surface area contributed by atoms with Gasteiger partial charge in [0.15, 0.2) is 5.65 Å². The van der Waals surface area contributed by atoms with Crippen molar-refractivity contribution in [1.82, 2.24) is 15.3 Å². The van der Waals surface area contributed by atoms with E-state index in [9.17, 15) is 0 Å². The van der Waals surface area contributed by atoms with Crippen LogP contribution in [0.1, 0.15) is 5.69 Å². The Kier molecular flexibility index (Phi) is 3.48. The van der Waals surface area contributed by atoms with Gasteiger partial charge in [0.25, 0.3) is 0 Å². The molecule has 0 radical (unpaired) electrons. The van der Waals surface area contributed by atoms with E-state index in [0.717, 1.165) is 49.5 Å². The van der Waals surface area contributed by atoms with Gasteiger partial charge in [-0.25, -0.2) is 9.97 Å². The van der Waals surface area contributed by atoms with Crippen molar-refractivity contribution in [3.05, 3.63) is 36.2 Å². The highest BCUT2D eigenvalue weighted by molar-refractivity contribution is 5.74. The van der Waals surface area contributed by atoms with Crippen LogP contribution in [0, 0.1) is 5.92 Å². The average molecular weight is 243 g/mol. The van der Waals surface area contributed by atoms with Gasteiger partial charge >= 0.3 is 0 Å². The summed E-state index contributed by atoms with van der Waals surface area (Å²) in [6, 6.07) is 8.08. The molecule has 0 aliphatic carbocycles. The number of nitrogens with zero attached hydrogens (tertiary/aromatic N) is 2. The molecule has 1 N–H and O–H groups in total. The summed E-state index contributed by atoms with van der Waals surface area (Å²) in [4.78, 5) is 8.78. The predicted octanol–water partition coefficient (Wildman–Crippen LogP) is 1.41. The van der Waals surface area contributed by atoms with Crippen molar-refractivity contribution >= 4 is 11.0 Å². The summed E-state index contributed by atoms with van der Waals surface area (Å²) in [6.07, 6.45) is 2.63. The molecule has 4 nitrogen and oxygen atoms in total.